The van der Waals surface area contributed by atoms with E-state index in [4.69, 9.17) is 5.11 Å². The van der Waals surface area contributed by atoms with Gasteiger partial charge >= 0.3 is 5.97 Å². The molecule has 0 unspecified atom stereocenters. The maximum absolute atomic E-state index is 11.0. The molecular weight excluding hydrogens is 324 g/mol. The van der Waals surface area contributed by atoms with Gasteiger partial charge in [-0.3, -0.25) is 0 Å². The lowest BCUT2D eigenvalue weighted by atomic mass is 9.96. The average molecular weight is 342 g/mol. The molecule has 0 radical (unpaired) electrons. The van der Waals surface area contributed by atoms with Crippen molar-refractivity contribution in [3.05, 3.63) is 58.5 Å². The van der Waals surface area contributed by atoms with Gasteiger partial charge in [-0.1, -0.05) is 32.0 Å². The Balaban J connectivity index is 2.00. The van der Waals surface area contributed by atoms with Gasteiger partial charge in [0, 0.05) is 14.6 Å². The third-order valence-electron chi connectivity index (χ3n) is 3.94. The van der Waals surface area contributed by atoms with Crippen molar-refractivity contribution < 1.29 is 9.90 Å². The third kappa shape index (κ3) is 3.09. The predicted molar refractivity (Wildman–Crippen MR) is 98.8 cm³/mol. The molecule has 0 aliphatic rings. The number of carboxylic acid groups (broad SMARTS) is 1. The van der Waals surface area contributed by atoms with Crippen molar-refractivity contribution in [2.24, 2.45) is 0 Å². The van der Waals surface area contributed by atoms with Gasteiger partial charge in [0.15, 0.2) is 0 Å². The quantitative estimate of drug-likeness (QED) is 0.620. The number of carboxylic acids is 1. The number of thiophene rings is 2. The molecule has 0 aliphatic heterocycles. The SMILES string of the molecule is CCc1cccc(-c2ccc(-c3ccc(C(=O)O)s3)s2)c1CC. The van der Waals surface area contributed by atoms with Gasteiger partial charge in [0.05, 0.1) is 0 Å². The molecule has 0 saturated carbocycles. The van der Waals surface area contributed by atoms with Gasteiger partial charge in [0.1, 0.15) is 4.88 Å². The molecule has 118 valence electrons. The van der Waals surface area contributed by atoms with E-state index in [1.165, 1.54) is 32.9 Å². The van der Waals surface area contributed by atoms with Crippen LogP contribution in [0.25, 0.3) is 20.2 Å². The summed E-state index contributed by atoms with van der Waals surface area (Å²) in [5, 5.41) is 9.07. The Bertz CT molecular complexity index is 843. The van der Waals surface area contributed by atoms with Crippen LogP contribution in [0.3, 0.4) is 0 Å². The Labute approximate surface area is 144 Å². The second-order valence-electron chi connectivity index (χ2n) is 5.28. The summed E-state index contributed by atoms with van der Waals surface area (Å²) in [5.41, 5.74) is 4.13. The predicted octanol–water partition coefficient (Wildman–Crippen LogP) is 5.97. The minimum absolute atomic E-state index is 0.386. The standard InChI is InChI=1S/C19H18O2S2/c1-3-12-6-5-7-14(13(12)4-2)15-8-9-16(22-15)17-10-11-18(23-17)19(20)21/h5-11H,3-4H2,1-2H3,(H,20,21). The van der Waals surface area contributed by atoms with E-state index in [1.54, 1.807) is 17.4 Å². The zero-order valence-electron chi connectivity index (χ0n) is 13.1. The van der Waals surface area contributed by atoms with E-state index in [9.17, 15) is 4.79 Å². The number of rotatable bonds is 5. The van der Waals surface area contributed by atoms with Gasteiger partial charge in [-0.05, 0) is 53.8 Å². The molecule has 0 fully saturated rings. The maximum Gasteiger partial charge on any atom is 0.345 e. The Morgan fingerprint density at radius 2 is 1.61 bits per heavy atom. The molecule has 1 aromatic carbocycles. The molecule has 2 heterocycles. The van der Waals surface area contributed by atoms with Gasteiger partial charge in [-0.15, -0.1) is 22.7 Å². The molecule has 23 heavy (non-hydrogen) atoms. The summed E-state index contributed by atoms with van der Waals surface area (Å²) in [5.74, 6) is -0.859. The highest BCUT2D eigenvalue weighted by molar-refractivity contribution is 7.24. The Morgan fingerprint density at radius 1 is 0.913 bits per heavy atom. The summed E-state index contributed by atoms with van der Waals surface area (Å²) in [6.45, 7) is 4.39. The molecule has 2 nitrogen and oxygen atoms in total. The zero-order valence-corrected chi connectivity index (χ0v) is 14.8. The van der Waals surface area contributed by atoms with Crippen LogP contribution in [0.5, 0.6) is 0 Å². The fourth-order valence-electron chi connectivity index (χ4n) is 2.81. The molecule has 2 aromatic heterocycles. The van der Waals surface area contributed by atoms with Gasteiger partial charge in [-0.2, -0.15) is 0 Å². The van der Waals surface area contributed by atoms with E-state index < -0.39 is 5.97 Å². The molecule has 0 amide bonds. The molecule has 0 atom stereocenters. The van der Waals surface area contributed by atoms with E-state index in [0.717, 1.165) is 22.6 Å². The smallest absolute Gasteiger partial charge is 0.345 e. The Kier molecular flexibility index (Phi) is 4.64. The molecule has 1 N–H and O–H groups in total. The van der Waals surface area contributed by atoms with E-state index in [2.05, 4.69) is 44.2 Å². The first-order chi connectivity index (χ1) is 11.1. The van der Waals surface area contributed by atoms with E-state index in [0.29, 0.717) is 4.88 Å². The first kappa shape index (κ1) is 16.0. The number of hydrogen-bond donors (Lipinski definition) is 1. The fraction of sp³-hybridized carbons (Fsp3) is 0.211. The second-order valence-corrected chi connectivity index (χ2v) is 7.45. The van der Waals surface area contributed by atoms with Crippen LogP contribution in [-0.2, 0) is 12.8 Å². The molecule has 0 saturated heterocycles. The molecular formula is C19H18O2S2. The van der Waals surface area contributed by atoms with Crippen LogP contribution in [0.15, 0.2) is 42.5 Å². The van der Waals surface area contributed by atoms with Crippen LogP contribution >= 0.6 is 22.7 Å². The highest BCUT2D eigenvalue weighted by Crippen LogP contribution is 2.39. The summed E-state index contributed by atoms with van der Waals surface area (Å²) in [6, 6.07) is 14.3. The number of carbonyl (C=O) groups is 1. The molecule has 4 heteroatoms. The molecule has 0 aliphatic carbocycles. The Hall–Kier alpha value is -1.91. The van der Waals surface area contributed by atoms with Gasteiger partial charge in [0.25, 0.3) is 0 Å². The summed E-state index contributed by atoms with van der Waals surface area (Å²) < 4.78 is 0. The van der Waals surface area contributed by atoms with Crippen molar-refractivity contribution in [3.63, 3.8) is 0 Å². The minimum atomic E-state index is -0.859. The second kappa shape index (κ2) is 6.69. The largest absolute Gasteiger partial charge is 0.477 e. The van der Waals surface area contributed by atoms with Gasteiger partial charge in [0.2, 0.25) is 0 Å². The third-order valence-corrected chi connectivity index (χ3v) is 6.33. The fourth-order valence-corrected chi connectivity index (χ4v) is 4.81. The lowest BCUT2D eigenvalue weighted by molar-refractivity contribution is 0.0702. The van der Waals surface area contributed by atoms with Crippen LogP contribution in [0.1, 0.15) is 34.6 Å². The number of benzene rings is 1. The first-order valence-corrected chi connectivity index (χ1v) is 9.31. The highest BCUT2D eigenvalue weighted by atomic mass is 32.1. The molecule has 3 rings (SSSR count). The van der Waals surface area contributed by atoms with E-state index in [1.807, 2.05) is 6.07 Å². The van der Waals surface area contributed by atoms with Crippen molar-refractivity contribution in [2.45, 2.75) is 26.7 Å². The maximum atomic E-state index is 11.0. The first-order valence-electron chi connectivity index (χ1n) is 7.68. The lowest BCUT2D eigenvalue weighted by Crippen LogP contribution is -1.93. The van der Waals surface area contributed by atoms with Crippen LogP contribution in [0.2, 0.25) is 0 Å². The van der Waals surface area contributed by atoms with Crippen LogP contribution in [0.4, 0.5) is 0 Å². The summed E-state index contributed by atoms with van der Waals surface area (Å²) in [7, 11) is 0. The normalized spacial score (nSPS) is 10.9. The topological polar surface area (TPSA) is 37.3 Å². The van der Waals surface area contributed by atoms with Crippen molar-refractivity contribution in [3.8, 4) is 20.2 Å². The number of aromatic carboxylic acids is 1. The van der Waals surface area contributed by atoms with E-state index in [-0.39, 0.29) is 0 Å². The number of aryl methyl sites for hydroxylation is 1. The van der Waals surface area contributed by atoms with Crippen LogP contribution in [0, 0.1) is 0 Å². The monoisotopic (exact) mass is 342 g/mol. The van der Waals surface area contributed by atoms with E-state index >= 15 is 0 Å². The summed E-state index contributed by atoms with van der Waals surface area (Å²) in [6.07, 6.45) is 2.07. The molecule has 3 aromatic rings. The minimum Gasteiger partial charge on any atom is -0.477 e. The van der Waals surface area contributed by atoms with Gasteiger partial charge in [-0.25, -0.2) is 4.79 Å². The van der Waals surface area contributed by atoms with Crippen molar-refractivity contribution in [1.29, 1.82) is 0 Å². The Morgan fingerprint density at radius 3 is 2.26 bits per heavy atom. The van der Waals surface area contributed by atoms with Crippen LogP contribution < -0.4 is 0 Å². The zero-order chi connectivity index (χ0) is 16.4. The van der Waals surface area contributed by atoms with Crippen molar-refractivity contribution in [2.75, 3.05) is 0 Å². The van der Waals surface area contributed by atoms with Crippen molar-refractivity contribution in [1.82, 2.24) is 0 Å². The van der Waals surface area contributed by atoms with Gasteiger partial charge < -0.3 is 5.11 Å². The lowest BCUT2D eigenvalue weighted by Gasteiger charge is -2.11. The highest BCUT2D eigenvalue weighted by Gasteiger charge is 2.13. The van der Waals surface area contributed by atoms with Crippen LogP contribution in [-0.4, -0.2) is 11.1 Å². The van der Waals surface area contributed by atoms with Crippen molar-refractivity contribution >= 4 is 28.6 Å². The average Bonchev–Trinajstić information content (AvgIpc) is 3.22. The molecule has 0 bridgehead atoms. The molecule has 0 spiro atoms. The number of hydrogen-bond acceptors (Lipinski definition) is 3. The summed E-state index contributed by atoms with van der Waals surface area (Å²) in [4.78, 5) is 14.8. The summed E-state index contributed by atoms with van der Waals surface area (Å²) >= 11 is 3.06.